The molecule has 1 heterocycles. The van der Waals surface area contributed by atoms with Gasteiger partial charge in [0.15, 0.2) is 16.7 Å². The molecule has 1 fully saturated rings. The molecule has 4 rings (SSSR count). The Labute approximate surface area is 231 Å². The molecule has 0 aliphatic carbocycles. The molecule has 3 aromatic carbocycles. The molecule has 1 saturated heterocycles. The number of rotatable bonds is 11. The molecule has 2 amide bonds. The fourth-order valence-corrected chi connectivity index (χ4v) is 5.21. The van der Waals surface area contributed by atoms with E-state index in [0.29, 0.717) is 47.7 Å². The van der Waals surface area contributed by atoms with Gasteiger partial charge in [0, 0.05) is 18.7 Å². The Hall–Kier alpha value is -4.05. The highest BCUT2D eigenvalue weighted by Gasteiger charge is 2.39. The zero-order chi connectivity index (χ0) is 27.8. The van der Waals surface area contributed by atoms with Crippen molar-refractivity contribution in [3.8, 4) is 17.2 Å². The number of benzene rings is 3. The predicted octanol–water partition coefficient (Wildman–Crippen LogP) is 5.44. The number of carbonyl (C=O) groups is 2. The Morgan fingerprint density at radius 1 is 1.05 bits per heavy atom. The second-order valence-electron chi connectivity index (χ2n) is 8.59. The Bertz CT molecular complexity index is 1350. The molecule has 0 radical (unpaired) electrons. The number of anilines is 1. The minimum Gasteiger partial charge on any atom is -0.494 e. The molecule has 1 unspecified atom stereocenters. The fourth-order valence-electron chi connectivity index (χ4n) is 4.03. The maximum Gasteiger partial charge on any atom is 0.242 e. The van der Waals surface area contributed by atoms with Crippen LogP contribution in [0.25, 0.3) is 0 Å². The normalized spacial score (nSPS) is 15.9. The van der Waals surface area contributed by atoms with E-state index >= 15 is 0 Å². The minimum atomic E-state index is -0.691. The van der Waals surface area contributed by atoms with Gasteiger partial charge < -0.3 is 19.5 Å². The van der Waals surface area contributed by atoms with E-state index in [1.165, 1.54) is 11.0 Å². The maximum atomic E-state index is 14.4. The van der Waals surface area contributed by atoms with Crippen LogP contribution < -0.4 is 19.5 Å². The number of nitrogens with one attached hydrogen (secondary N) is 1. The van der Waals surface area contributed by atoms with Gasteiger partial charge in [-0.25, -0.2) is 9.38 Å². The van der Waals surface area contributed by atoms with Gasteiger partial charge in [-0.15, -0.1) is 0 Å². The van der Waals surface area contributed by atoms with Gasteiger partial charge in [-0.2, -0.15) is 0 Å². The lowest BCUT2D eigenvalue weighted by molar-refractivity contribution is -0.128. The fraction of sp³-hybridized carbons (Fsp3) is 0.276. The van der Waals surface area contributed by atoms with Gasteiger partial charge in [-0.05, 0) is 67.4 Å². The van der Waals surface area contributed by atoms with Crippen molar-refractivity contribution in [2.24, 2.45) is 4.99 Å². The maximum absolute atomic E-state index is 14.4. The third kappa shape index (κ3) is 7.08. The Balaban J connectivity index is 1.50. The van der Waals surface area contributed by atoms with Gasteiger partial charge in [-0.3, -0.25) is 14.5 Å². The van der Waals surface area contributed by atoms with Crippen LogP contribution in [0.5, 0.6) is 17.2 Å². The van der Waals surface area contributed by atoms with Crippen molar-refractivity contribution in [3.05, 3.63) is 78.1 Å². The van der Waals surface area contributed by atoms with Crippen LogP contribution in [0.2, 0.25) is 0 Å². The zero-order valence-electron chi connectivity index (χ0n) is 22.0. The Kier molecular flexibility index (Phi) is 9.43. The van der Waals surface area contributed by atoms with E-state index in [2.05, 4.69) is 10.3 Å². The van der Waals surface area contributed by atoms with E-state index in [1.807, 2.05) is 19.1 Å². The van der Waals surface area contributed by atoms with Crippen LogP contribution in [0.15, 0.2) is 71.7 Å². The first-order chi connectivity index (χ1) is 18.9. The van der Waals surface area contributed by atoms with Gasteiger partial charge in [0.2, 0.25) is 11.8 Å². The number of thioether (sulfide) groups is 1. The van der Waals surface area contributed by atoms with Gasteiger partial charge in [0.25, 0.3) is 0 Å². The highest BCUT2D eigenvalue weighted by molar-refractivity contribution is 8.15. The summed E-state index contributed by atoms with van der Waals surface area (Å²) in [5.74, 6) is 0.843. The van der Waals surface area contributed by atoms with E-state index in [0.717, 1.165) is 17.3 Å². The summed E-state index contributed by atoms with van der Waals surface area (Å²) < 4.78 is 30.5. The van der Waals surface area contributed by atoms with Gasteiger partial charge in [0.1, 0.15) is 22.5 Å². The molecule has 8 nitrogen and oxygen atoms in total. The van der Waals surface area contributed by atoms with Crippen molar-refractivity contribution < 1.29 is 28.2 Å². The quantitative estimate of drug-likeness (QED) is 0.341. The highest BCUT2D eigenvalue weighted by Crippen LogP contribution is 2.33. The number of methoxy groups -OCH3 is 2. The number of amidine groups is 1. The summed E-state index contributed by atoms with van der Waals surface area (Å²) in [5, 5.41) is 2.48. The molecule has 1 aliphatic heterocycles. The smallest absolute Gasteiger partial charge is 0.242 e. The van der Waals surface area contributed by atoms with Crippen LogP contribution in [0, 0.1) is 5.82 Å². The third-order valence-corrected chi connectivity index (χ3v) is 7.16. The van der Waals surface area contributed by atoms with E-state index in [1.54, 1.807) is 62.8 Å². The largest absolute Gasteiger partial charge is 0.494 e. The number of aliphatic imine (C=N–C) groups is 1. The zero-order valence-corrected chi connectivity index (χ0v) is 22.8. The van der Waals surface area contributed by atoms with E-state index in [-0.39, 0.29) is 23.9 Å². The molecule has 39 heavy (non-hydrogen) atoms. The van der Waals surface area contributed by atoms with Crippen molar-refractivity contribution >= 4 is 40.1 Å². The third-order valence-electron chi connectivity index (χ3n) is 5.98. The van der Waals surface area contributed by atoms with E-state index in [9.17, 15) is 14.0 Å². The van der Waals surface area contributed by atoms with Crippen LogP contribution in [0.1, 0.15) is 18.9 Å². The van der Waals surface area contributed by atoms with Crippen LogP contribution >= 0.6 is 11.8 Å². The predicted molar refractivity (Wildman–Crippen MR) is 151 cm³/mol. The van der Waals surface area contributed by atoms with Crippen molar-refractivity contribution in [3.63, 3.8) is 0 Å². The van der Waals surface area contributed by atoms with Crippen molar-refractivity contribution in [1.82, 2.24) is 4.90 Å². The molecular formula is C29H30FN3O5S. The molecule has 3 aromatic rings. The number of carbonyl (C=O) groups excluding carboxylic acids is 2. The Morgan fingerprint density at radius 2 is 1.79 bits per heavy atom. The summed E-state index contributed by atoms with van der Waals surface area (Å²) in [6, 6.07) is 18.7. The van der Waals surface area contributed by atoms with Crippen molar-refractivity contribution in [1.29, 1.82) is 0 Å². The van der Waals surface area contributed by atoms with E-state index < -0.39 is 11.1 Å². The lowest BCUT2D eigenvalue weighted by Gasteiger charge is -2.17. The molecule has 10 heteroatoms. The number of halogens is 1. The van der Waals surface area contributed by atoms with Crippen LogP contribution in [-0.4, -0.2) is 54.5 Å². The molecule has 1 N–H and O–H groups in total. The first-order valence-corrected chi connectivity index (χ1v) is 13.3. The average Bonchev–Trinajstić information content (AvgIpc) is 3.22. The number of hydrogen-bond acceptors (Lipinski definition) is 7. The second kappa shape index (κ2) is 13.1. The first-order valence-electron chi connectivity index (χ1n) is 12.5. The van der Waals surface area contributed by atoms with Crippen LogP contribution in [-0.2, 0) is 16.0 Å². The molecular weight excluding hydrogens is 521 g/mol. The summed E-state index contributed by atoms with van der Waals surface area (Å²) in [5.41, 5.74) is 1.65. The number of para-hydroxylation sites is 1. The van der Waals surface area contributed by atoms with Gasteiger partial charge in [-0.1, -0.05) is 30.0 Å². The first kappa shape index (κ1) is 28.0. The number of nitrogens with zero attached hydrogens (tertiary/aromatic N) is 2. The molecule has 1 atom stereocenters. The minimum absolute atomic E-state index is 0.0557. The molecule has 0 saturated carbocycles. The second-order valence-corrected chi connectivity index (χ2v) is 9.76. The highest BCUT2D eigenvalue weighted by atomic mass is 32.2. The standard InChI is InChI=1S/C29H30FN3O5S/c1-4-38-21-12-10-20(11-13-21)31-27(34)18-26-28(35)33(29(39-26)32-23-8-6-5-7-22(23)30)16-15-19-9-14-24(36-2)25(17-19)37-3/h5-14,17,26H,4,15-16,18H2,1-3H3,(H,31,34). The lowest BCUT2D eigenvalue weighted by atomic mass is 10.1. The summed E-state index contributed by atoms with van der Waals surface area (Å²) in [7, 11) is 3.12. The Morgan fingerprint density at radius 3 is 2.49 bits per heavy atom. The number of amides is 2. The van der Waals surface area contributed by atoms with Gasteiger partial charge >= 0.3 is 0 Å². The summed E-state index contributed by atoms with van der Waals surface area (Å²) in [4.78, 5) is 32.2. The van der Waals surface area contributed by atoms with Gasteiger partial charge in [0.05, 0.1) is 20.8 Å². The summed E-state index contributed by atoms with van der Waals surface area (Å²) in [6.45, 7) is 2.74. The van der Waals surface area contributed by atoms with Crippen molar-refractivity contribution in [2.75, 3.05) is 32.7 Å². The summed E-state index contributed by atoms with van der Waals surface area (Å²) >= 11 is 1.16. The average molecular weight is 552 g/mol. The number of ether oxygens (including phenoxy) is 3. The SMILES string of the molecule is CCOc1ccc(NC(=O)CC2SC(=Nc3ccccc3F)N(CCc3ccc(OC)c(OC)c3)C2=O)cc1. The molecule has 1 aliphatic rings. The molecule has 204 valence electrons. The topological polar surface area (TPSA) is 89.5 Å². The number of hydrogen-bond donors (Lipinski definition) is 1. The van der Waals surface area contributed by atoms with Crippen LogP contribution in [0.4, 0.5) is 15.8 Å². The molecule has 0 bridgehead atoms. The molecule has 0 spiro atoms. The lowest BCUT2D eigenvalue weighted by Crippen LogP contribution is -2.35. The van der Waals surface area contributed by atoms with E-state index in [4.69, 9.17) is 14.2 Å². The monoisotopic (exact) mass is 551 g/mol. The molecule has 0 aromatic heterocycles. The van der Waals surface area contributed by atoms with Crippen molar-refractivity contribution in [2.45, 2.75) is 25.0 Å². The van der Waals surface area contributed by atoms with Crippen LogP contribution in [0.3, 0.4) is 0 Å². The summed E-state index contributed by atoms with van der Waals surface area (Å²) in [6.07, 6.45) is 0.438.